The van der Waals surface area contributed by atoms with Crippen molar-refractivity contribution in [2.24, 2.45) is 0 Å². The average Bonchev–Trinajstić information content (AvgIpc) is 3.09. The number of non-ortho nitro benzene ring substituents is 1. The van der Waals surface area contributed by atoms with Crippen LogP contribution in [-0.2, 0) is 6.73 Å². The van der Waals surface area contributed by atoms with Crippen LogP contribution in [0.5, 0.6) is 11.5 Å². The number of hydrogen-bond acceptors (Lipinski definition) is 6. The maximum absolute atomic E-state index is 12.2. The normalized spacial score (nSPS) is 10.4. The van der Waals surface area contributed by atoms with Crippen LogP contribution in [0.3, 0.4) is 0 Å². The standard InChI is InChI=1S/C17H13ClN4O5/c18-14-9-12(22(25)26)4-5-16(14)27-10-21-7-6-15(20-21)17(24)19-11-2-1-3-13(23)8-11/h1-9,23H,10H2,(H,19,24). The van der Waals surface area contributed by atoms with E-state index in [1.54, 1.807) is 12.1 Å². The van der Waals surface area contributed by atoms with E-state index in [9.17, 15) is 20.0 Å². The van der Waals surface area contributed by atoms with Gasteiger partial charge in [-0.1, -0.05) is 17.7 Å². The van der Waals surface area contributed by atoms with Crippen molar-refractivity contribution < 1.29 is 19.6 Å². The van der Waals surface area contributed by atoms with Crippen molar-refractivity contribution in [3.8, 4) is 11.5 Å². The fourth-order valence-electron chi connectivity index (χ4n) is 2.19. The fourth-order valence-corrected chi connectivity index (χ4v) is 2.42. The maximum Gasteiger partial charge on any atom is 0.276 e. The number of aromatic nitrogens is 2. The van der Waals surface area contributed by atoms with Gasteiger partial charge in [0.1, 0.15) is 11.5 Å². The molecule has 1 amide bonds. The Kier molecular flexibility index (Phi) is 5.23. The van der Waals surface area contributed by atoms with Crippen LogP contribution in [0.15, 0.2) is 54.7 Å². The molecule has 0 fully saturated rings. The number of nitro groups is 1. The third-order valence-corrected chi connectivity index (χ3v) is 3.75. The Morgan fingerprint density at radius 1 is 1.30 bits per heavy atom. The molecule has 0 saturated carbocycles. The van der Waals surface area contributed by atoms with Gasteiger partial charge in [-0.25, -0.2) is 4.68 Å². The molecular weight excluding hydrogens is 376 g/mol. The predicted molar refractivity (Wildman–Crippen MR) is 97.0 cm³/mol. The topological polar surface area (TPSA) is 120 Å². The SMILES string of the molecule is O=C(Nc1cccc(O)c1)c1ccn(COc2ccc([N+](=O)[O-])cc2Cl)n1. The number of hydrogen-bond donors (Lipinski definition) is 2. The molecule has 0 aliphatic carbocycles. The molecule has 0 saturated heterocycles. The lowest BCUT2D eigenvalue weighted by molar-refractivity contribution is -0.384. The quantitative estimate of drug-likeness (QED) is 0.493. The van der Waals surface area contributed by atoms with Crippen molar-refractivity contribution in [2.75, 3.05) is 5.32 Å². The summed E-state index contributed by atoms with van der Waals surface area (Å²) in [5.74, 6) is -0.164. The molecule has 3 aromatic rings. The summed E-state index contributed by atoms with van der Waals surface area (Å²) in [5.41, 5.74) is 0.442. The van der Waals surface area contributed by atoms with Gasteiger partial charge in [-0.15, -0.1) is 0 Å². The minimum atomic E-state index is -0.555. The van der Waals surface area contributed by atoms with Crippen LogP contribution < -0.4 is 10.1 Å². The zero-order valence-corrected chi connectivity index (χ0v) is 14.5. The summed E-state index contributed by atoms with van der Waals surface area (Å²) in [6.07, 6.45) is 1.54. The average molecular weight is 389 g/mol. The summed E-state index contributed by atoms with van der Waals surface area (Å²) in [6, 6.07) is 11.5. The molecule has 0 aliphatic heterocycles. The van der Waals surface area contributed by atoms with E-state index >= 15 is 0 Å². The molecule has 27 heavy (non-hydrogen) atoms. The van der Waals surface area contributed by atoms with Crippen LogP contribution in [0.1, 0.15) is 10.5 Å². The van der Waals surface area contributed by atoms with Crippen LogP contribution >= 0.6 is 11.6 Å². The van der Waals surface area contributed by atoms with Gasteiger partial charge in [0, 0.05) is 30.1 Å². The molecule has 0 aliphatic rings. The molecule has 0 unspecified atom stereocenters. The van der Waals surface area contributed by atoms with Gasteiger partial charge in [0.15, 0.2) is 12.4 Å². The summed E-state index contributed by atoms with van der Waals surface area (Å²) in [7, 11) is 0. The highest BCUT2D eigenvalue weighted by Crippen LogP contribution is 2.28. The Labute approximate surface area is 157 Å². The molecule has 1 heterocycles. The molecular formula is C17H13ClN4O5. The minimum Gasteiger partial charge on any atom is -0.508 e. The number of carbonyl (C=O) groups is 1. The number of phenols is 1. The number of nitrogens with zero attached hydrogens (tertiary/aromatic N) is 3. The smallest absolute Gasteiger partial charge is 0.276 e. The predicted octanol–water partition coefficient (Wildman–Crippen LogP) is 3.44. The summed E-state index contributed by atoms with van der Waals surface area (Å²) in [5, 5.41) is 26.9. The molecule has 2 aromatic carbocycles. The molecule has 138 valence electrons. The van der Waals surface area contributed by atoms with Crippen molar-refractivity contribution >= 4 is 28.9 Å². The Hall–Kier alpha value is -3.59. The van der Waals surface area contributed by atoms with Gasteiger partial charge in [-0.3, -0.25) is 14.9 Å². The second kappa shape index (κ2) is 7.75. The van der Waals surface area contributed by atoms with E-state index in [0.29, 0.717) is 5.69 Å². The molecule has 2 N–H and O–H groups in total. The summed E-state index contributed by atoms with van der Waals surface area (Å²) >= 11 is 5.95. The van der Waals surface area contributed by atoms with E-state index in [1.807, 2.05) is 0 Å². The first kappa shape index (κ1) is 18.2. The van der Waals surface area contributed by atoms with E-state index in [-0.39, 0.29) is 34.6 Å². The van der Waals surface area contributed by atoms with Crippen molar-refractivity contribution in [1.82, 2.24) is 9.78 Å². The van der Waals surface area contributed by atoms with Gasteiger partial charge in [0.25, 0.3) is 11.6 Å². The molecule has 1 aromatic heterocycles. The van der Waals surface area contributed by atoms with Crippen LogP contribution in [0.25, 0.3) is 0 Å². The van der Waals surface area contributed by atoms with E-state index in [4.69, 9.17) is 16.3 Å². The number of ether oxygens (including phenoxy) is 1. The largest absolute Gasteiger partial charge is 0.508 e. The maximum atomic E-state index is 12.2. The number of benzene rings is 2. The molecule has 9 nitrogen and oxygen atoms in total. The fraction of sp³-hybridized carbons (Fsp3) is 0.0588. The summed E-state index contributed by atoms with van der Waals surface area (Å²) in [6.45, 7) is -0.0447. The molecule has 0 bridgehead atoms. The number of anilines is 1. The number of amides is 1. The Morgan fingerprint density at radius 3 is 2.81 bits per heavy atom. The van der Waals surface area contributed by atoms with E-state index < -0.39 is 10.8 Å². The first-order valence-corrected chi connectivity index (χ1v) is 8.01. The number of nitro benzene ring substituents is 1. The number of rotatable bonds is 6. The lowest BCUT2D eigenvalue weighted by Gasteiger charge is -2.08. The Balaban J connectivity index is 1.62. The molecule has 10 heteroatoms. The second-order valence-electron chi connectivity index (χ2n) is 5.39. The van der Waals surface area contributed by atoms with E-state index in [1.165, 1.54) is 47.3 Å². The first-order valence-electron chi connectivity index (χ1n) is 7.63. The first-order chi connectivity index (χ1) is 12.9. The van der Waals surface area contributed by atoms with Crippen LogP contribution in [0.4, 0.5) is 11.4 Å². The van der Waals surface area contributed by atoms with Crippen LogP contribution in [-0.4, -0.2) is 25.7 Å². The van der Waals surface area contributed by atoms with Gasteiger partial charge in [0.2, 0.25) is 0 Å². The number of aromatic hydroxyl groups is 1. The minimum absolute atomic E-state index is 0.0340. The molecule has 3 rings (SSSR count). The lowest BCUT2D eigenvalue weighted by atomic mass is 10.3. The van der Waals surface area contributed by atoms with Crippen molar-refractivity contribution in [2.45, 2.75) is 6.73 Å². The van der Waals surface area contributed by atoms with Gasteiger partial charge in [0.05, 0.1) is 9.95 Å². The number of carbonyl (C=O) groups excluding carboxylic acids is 1. The molecule has 0 radical (unpaired) electrons. The van der Waals surface area contributed by atoms with Crippen molar-refractivity contribution in [3.63, 3.8) is 0 Å². The van der Waals surface area contributed by atoms with Gasteiger partial charge >= 0.3 is 0 Å². The highest BCUT2D eigenvalue weighted by atomic mass is 35.5. The van der Waals surface area contributed by atoms with E-state index in [0.717, 1.165) is 0 Å². The van der Waals surface area contributed by atoms with Crippen molar-refractivity contribution in [1.29, 1.82) is 0 Å². The highest BCUT2D eigenvalue weighted by Gasteiger charge is 2.12. The third kappa shape index (κ3) is 4.53. The van der Waals surface area contributed by atoms with Crippen LogP contribution in [0, 0.1) is 10.1 Å². The lowest BCUT2D eigenvalue weighted by Crippen LogP contribution is -2.14. The molecule has 0 atom stereocenters. The van der Waals surface area contributed by atoms with E-state index in [2.05, 4.69) is 10.4 Å². The Morgan fingerprint density at radius 2 is 2.11 bits per heavy atom. The summed E-state index contributed by atoms with van der Waals surface area (Å²) < 4.78 is 6.84. The van der Waals surface area contributed by atoms with Gasteiger partial charge < -0.3 is 15.2 Å². The monoisotopic (exact) mass is 388 g/mol. The summed E-state index contributed by atoms with van der Waals surface area (Å²) in [4.78, 5) is 22.3. The zero-order chi connectivity index (χ0) is 19.4. The van der Waals surface area contributed by atoms with Gasteiger partial charge in [-0.05, 0) is 24.3 Å². The van der Waals surface area contributed by atoms with Crippen LogP contribution in [0.2, 0.25) is 5.02 Å². The van der Waals surface area contributed by atoms with Gasteiger partial charge in [-0.2, -0.15) is 5.10 Å². The highest BCUT2D eigenvalue weighted by molar-refractivity contribution is 6.32. The van der Waals surface area contributed by atoms with Crippen molar-refractivity contribution in [3.05, 3.63) is 75.6 Å². The second-order valence-corrected chi connectivity index (χ2v) is 5.80. The number of halogens is 1. The Bertz CT molecular complexity index is 1000. The molecule has 0 spiro atoms. The third-order valence-electron chi connectivity index (χ3n) is 3.46. The number of nitrogens with one attached hydrogen (secondary N) is 1. The zero-order valence-electron chi connectivity index (χ0n) is 13.7. The number of phenolic OH excluding ortho intramolecular Hbond substituents is 1.